The second-order valence-corrected chi connectivity index (χ2v) is 5.06. The van der Waals surface area contributed by atoms with E-state index in [-0.39, 0.29) is 0 Å². The lowest BCUT2D eigenvalue weighted by Gasteiger charge is -2.22. The van der Waals surface area contributed by atoms with Gasteiger partial charge in [-0.1, -0.05) is 55.8 Å². The van der Waals surface area contributed by atoms with E-state index in [9.17, 15) is 0 Å². The van der Waals surface area contributed by atoms with Crippen molar-refractivity contribution in [2.75, 3.05) is 19.6 Å². The summed E-state index contributed by atoms with van der Waals surface area (Å²) in [6.07, 6.45) is 2.47. The Bertz CT molecular complexity index is 502. The van der Waals surface area contributed by atoms with Crippen molar-refractivity contribution in [3.05, 3.63) is 48.0 Å². The number of benzene rings is 2. The van der Waals surface area contributed by atoms with Crippen molar-refractivity contribution >= 4 is 10.8 Å². The second-order valence-electron chi connectivity index (χ2n) is 5.06. The maximum Gasteiger partial charge on any atom is 0.0240 e. The monoisotopic (exact) mass is 256 g/mol. The lowest BCUT2D eigenvalue weighted by Crippen LogP contribution is -2.30. The number of hydrogen-bond acceptors (Lipinski definition) is 2. The van der Waals surface area contributed by atoms with E-state index in [1.165, 1.54) is 29.2 Å². The molecule has 2 nitrogen and oxygen atoms in total. The van der Waals surface area contributed by atoms with Crippen LogP contribution in [0.15, 0.2) is 42.5 Å². The molecule has 19 heavy (non-hydrogen) atoms. The van der Waals surface area contributed by atoms with E-state index in [2.05, 4.69) is 54.3 Å². The zero-order valence-corrected chi connectivity index (χ0v) is 11.8. The van der Waals surface area contributed by atoms with Crippen LogP contribution in [0, 0.1) is 0 Å². The highest BCUT2D eigenvalue weighted by Gasteiger charge is 2.07. The Morgan fingerprint density at radius 3 is 2.58 bits per heavy atom. The molecule has 2 N–H and O–H groups in total. The number of unbranched alkanes of at least 4 members (excludes halogenated alkanes) is 1. The van der Waals surface area contributed by atoms with Crippen LogP contribution >= 0.6 is 0 Å². The molecular weight excluding hydrogens is 232 g/mol. The van der Waals surface area contributed by atoms with E-state index >= 15 is 0 Å². The standard InChI is InChI=1S/C17H24N2/c1-2-3-12-19(13-11-18)14-16-9-6-8-15-7-4-5-10-17(15)16/h4-10H,2-3,11-14,18H2,1H3. The normalized spacial score (nSPS) is 11.3. The van der Waals surface area contributed by atoms with Crippen LogP contribution in [0.2, 0.25) is 0 Å². The van der Waals surface area contributed by atoms with Gasteiger partial charge in [0, 0.05) is 19.6 Å². The van der Waals surface area contributed by atoms with Gasteiger partial charge in [0.05, 0.1) is 0 Å². The third-order valence-electron chi connectivity index (χ3n) is 3.55. The SMILES string of the molecule is CCCCN(CCN)Cc1cccc2ccccc12. The minimum Gasteiger partial charge on any atom is -0.329 e. The van der Waals surface area contributed by atoms with Gasteiger partial charge in [-0.05, 0) is 29.3 Å². The average molecular weight is 256 g/mol. The van der Waals surface area contributed by atoms with Crippen molar-refractivity contribution in [1.29, 1.82) is 0 Å². The predicted octanol–water partition coefficient (Wildman–Crippen LogP) is 3.40. The number of hydrogen-bond donors (Lipinski definition) is 1. The number of rotatable bonds is 7. The number of nitrogens with zero attached hydrogens (tertiary/aromatic N) is 1. The van der Waals surface area contributed by atoms with Crippen LogP contribution < -0.4 is 5.73 Å². The van der Waals surface area contributed by atoms with Crippen LogP contribution in [0.5, 0.6) is 0 Å². The molecule has 0 radical (unpaired) electrons. The van der Waals surface area contributed by atoms with Gasteiger partial charge in [-0.3, -0.25) is 4.90 Å². The van der Waals surface area contributed by atoms with Crippen molar-refractivity contribution < 1.29 is 0 Å². The van der Waals surface area contributed by atoms with Crippen LogP contribution in [-0.4, -0.2) is 24.5 Å². The fourth-order valence-corrected chi connectivity index (χ4v) is 2.51. The van der Waals surface area contributed by atoms with E-state index in [0.29, 0.717) is 0 Å². The molecule has 0 heterocycles. The van der Waals surface area contributed by atoms with Crippen LogP contribution in [0.3, 0.4) is 0 Å². The van der Waals surface area contributed by atoms with Gasteiger partial charge in [-0.25, -0.2) is 0 Å². The maximum atomic E-state index is 5.73. The molecule has 0 aliphatic rings. The van der Waals surface area contributed by atoms with Gasteiger partial charge >= 0.3 is 0 Å². The highest BCUT2D eigenvalue weighted by molar-refractivity contribution is 5.85. The van der Waals surface area contributed by atoms with Crippen molar-refractivity contribution in [3.63, 3.8) is 0 Å². The van der Waals surface area contributed by atoms with Gasteiger partial charge in [0.1, 0.15) is 0 Å². The molecule has 0 spiro atoms. The minimum atomic E-state index is 0.731. The lowest BCUT2D eigenvalue weighted by molar-refractivity contribution is 0.269. The summed E-state index contributed by atoms with van der Waals surface area (Å²) in [7, 11) is 0. The minimum absolute atomic E-state index is 0.731. The summed E-state index contributed by atoms with van der Waals surface area (Å²) in [5.74, 6) is 0. The van der Waals surface area contributed by atoms with Gasteiger partial charge in [0.15, 0.2) is 0 Å². The molecule has 0 aliphatic carbocycles. The Morgan fingerprint density at radius 2 is 1.79 bits per heavy atom. The molecule has 0 unspecified atom stereocenters. The second kappa shape index (κ2) is 7.27. The number of fused-ring (bicyclic) bond motifs is 1. The van der Waals surface area contributed by atoms with Crippen LogP contribution in [0.25, 0.3) is 10.8 Å². The van der Waals surface area contributed by atoms with Gasteiger partial charge in [-0.2, -0.15) is 0 Å². The number of nitrogens with two attached hydrogens (primary N) is 1. The summed E-state index contributed by atoms with van der Waals surface area (Å²) >= 11 is 0. The highest BCUT2D eigenvalue weighted by atomic mass is 15.1. The highest BCUT2D eigenvalue weighted by Crippen LogP contribution is 2.20. The molecular formula is C17H24N2. The first-order valence-corrected chi connectivity index (χ1v) is 7.24. The molecule has 0 saturated carbocycles. The Balaban J connectivity index is 2.18. The third-order valence-corrected chi connectivity index (χ3v) is 3.55. The Morgan fingerprint density at radius 1 is 1.00 bits per heavy atom. The zero-order valence-electron chi connectivity index (χ0n) is 11.8. The van der Waals surface area contributed by atoms with E-state index in [1.807, 2.05) is 0 Å². The summed E-state index contributed by atoms with van der Waals surface area (Å²) in [5.41, 5.74) is 7.13. The van der Waals surface area contributed by atoms with Crippen molar-refractivity contribution in [2.45, 2.75) is 26.3 Å². The summed E-state index contributed by atoms with van der Waals surface area (Å²) in [6, 6.07) is 15.2. The summed E-state index contributed by atoms with van der Waals surface area (Å²) in [4.78, 5) is 2.46. The van der Waals surface area contributed by atoms with Crippen molar-refractivity contribution in [3.8, 4) is 0 Å². The Labute approximate surface area is 116 Å². The Kier molecular flexibility index (Phi) is 5.37. The van der Waals surface area contributed by atoms with Gasteiger partial charge in [0.25, 0.3) is 0 Å². The zero-order chi connectivity index (χ0) is 13.5. The molecule has 0 bridgehead atoms. The van der Waals surface area contributed by atoms with Crippen LogP contribution in [-0.2, 0) is 6.54 Å². The van der Waals surface area contributed by atoms with Crippen LogP contribution in [0.4, 0.5) is 0 Å². The maximum absolute atomic E-state index is 5.73. The van der Waals surface area contributed by atoms with Gasteiger partial charge < -0.3 is 5.73 Å². The first-order valence-electron chi connectivity index (χ1n) is 7.24. The molecule has 0 aromatic heterocycles. The van der Waals surface area contributed by atoms with Gasteiger partial charge in [0.2, 0.25) is 0 Å². The lowest BCUT2D eigenvalue weighted by atomic mass is 10.0. The van der Waals surface area contributed by atoms with E-state index in [0.717, 1.165) is 26.2 Å². The first-order chi connectivity index (χ1) is 9.35. The quantitative estimate of drug-likeness (QED) is 0.822. The summed E-state index contributed by atoms with van der Waals surface area (Å²) < 4.78 is 0. The molecule has 2 rings (SSSR count). The summed E-state index contributed by atoms with van der Waals surface area (Å²) in [5, 5.41) is 2.69. The average Bonchev–Trinajstić information content (AvgIpc) is 2.45. The van der Waals surface area contributed by atoms with E-state index < -0.39 is 0 Å². The molecule has 0 fully saturated rings. The predicted molar refractivity (Wildman–Crippen MR) is 83.2 cm³/mol. The molecule has 0 atom stereocenters. The van der Waals surface area contributed by atoms with E-state index in [1.54, 1.807) is 0 Å². The third kappa shape index (κ3) is 3.79. The fraction of sp³-hybridized carbons (Fsp3) is 0.412. The van der Waals surface area contributed by atoms with Crippen molar-refractivity contribution in [1.82, 2.24) is 4.90 Å². The van der Waals surface area contributed by atoms with Gasteiger partial charge in [-0.15, -0.1) is 0 Å². The first kappa shape index (κ1) is 14.0. The van der Waals surface area contributed by atoms with E-state index in [4.69, 9.17) is 5.73 Å². The smallest absolute Gasteiger partial charge is 0.0240 e. The molecule has 0 aliphatic heterocycles. The largest absolute Gasteiger partial charge is 0.329 e. The Hall–Kier alpha value is -1.38. The topological polar surface area (TPSA) is 29.3 Å². The van der Waals surface area contributed by atoms with Crippen molar-refractivity contribution in [2.24, 2.45) is 5.73 Å². The molecule has 2 heteroatoms. The van der Waals surface area contributed by atoms with Crippen LogP contribution in [0.1, 0.15) is 25.3 Å². The molecule has 2 aromatic carbocycles. The summed E-state index contributed by atoms with van der Waals surface area (Å²) in [6.45, 7) is 6.08. The molecule has 102 valence electrons. The molecule has 0 saturated heterocycles. The molecule has 0 amide bonds. The fourth-order valence-electron chi connectivity index (χ4n) is 2.51. The molecule has 2 aromatic rings.